The standard InChI is InChI=1S/C75H141NO5/c1-3-5-7-9-11-13-15-17-19-36-39-43-47-51-55-59-63-67-73(78)72(71-77)76-74(79)68-64-60-56-52-48-44-40-37-34-32-30-28-26-24-22-21-23-25-27-29-31-33-35-38-42-46-50-54-58-62-66-70-81-75(80)69-65-61-57-53-49-45-41-20-18-16-14-12-10-8-6-4-2/h14,16,20,23,25,41,63,67,72-73,77-78H,3-13,15,17-19,21-22,24,26-40,42-62,64-66,68-71H2,1-2H3,(H,76,79)/b16-14-,25-23-,41-20-,67-63+. The van der Waals surface area contributed by atoms with Gasteiger partial charge in [0.2, 0.25) is 5.91 Å². The van der Waals surface area contributed by atoms with Crippen molar-refractivity contribution in [3.8, 4) is 0 Å². The Kier molecular flexibility index (Phi) is 68.4. The third-order valence-electron chi connectivity index (χ3n) is 16.8. The Morgan fingerprint density at radius 3 is 0.963 bits per heavy atom. The van der Waals surface area contributed by atoms with Gasteiger partial charge < -0.3 is 20.3 Å². The van der Waals surface area contributed by atoms with Crippen molar-refractivity contribution in [2.24, 2.45) is 0 Å². The first-order chi connectivity index (χ1) is 40.0. The average Bonchev–Trinajstić information content (AvgIpc) is 3.47. The van der Waals surface area contributed by atoms with E-state index in [9.17, 15) is 19.8 Å². The minimum atomic E-state index is -0.844. The predicted molar refractivity (Wildman–Crippen MR) is 356 cm³/mol. The first-order valence-corrected chi connectivity index (χ1v) is 36.4. The van der Waals surface area contributed by atoms with Crippen LogP contribution in [-0.4, -0.2) is 47.4 Å². The summed E-state index contributed by atoms with van der Waals surface area (Å²) >= 11 is 0. The highest BCUT2D eigenvalue weighted by Crippen LogP contribution is 2.18. The number of aliphatic hydroxyl groups excluding tert-OH is 2. The molecule has 3 N–H and O–H groups in total. The zero-order valence-corrected chi connectivity index (χ0v) is 54.5. The van der Waals surface area contributed by atoms with Gasteiger partial charge in [-0.05, 0) is 89.9 Å². The van der Waals surface area contributed by atoms with E-state index < -0.39 is 12.1 Å². The smallest absolute Gasteiger partial charge is 0.305 e. The van der Waals surface area contributed by atoms with Gasteiger partial charge in [0.1, 0.15) is 0 Å². The van der Waals surface area contributed by atoms with E-state index in [2.05, 4.69) is 55.6 Å². The lowest BCUT2D eigenvalue weighted by molar-refractivity contribution is -0.143. The fourth-order valence-electron chi connectivity index (χ4n) is 11.3. The van der Waals surface area contributed by atoms with Crippen molar-refractivity contribution in [3.63, 3.8) is 0 Å². The Bertz CT molecular complexity index is 1360. The van der Waals surface area contributed by atoms with Gasteiger partial charge in [0.05, 0.1) is 25.4 Å². The van der Waals surface area contributed by atoms with Crippen LogP contribution in [0, 0.1) is 0 Å². The zero-order chi connectivity index (χ0) is 58.5. The minimum absolute atomic E-state index is 0.00406. The molecule has 1 amide bonds. The number of nitrogens with one attached hydrogen (secondary N) is 1. The van der Waals surface area contributed by atoms with E-state index in [1.54, 1.807) is 6.08 Å². The molecule has 0 fully saturated rings. The molecular weight excluding hydrogens is 995 g/mol. The van der Waals surface area contributed by atoms with Crippen LogP contribution in [0.2, 0.25) is 0 Å². The number of rotatable bonds is 68. The molecule has 0 bridgehead atoms. The average molecular weight is 1140 g/mol. The zero-order valence-electron chi connectivity index (χ0n) is 54.5. The fraction of sp³-hybridized carbons (Fsp3) is 0.867. The predicted octanol–water partition coefficient (Wildman–Crippen LogP) is 23.6. The fourth-order valence-corrected chi connectivity index (χ4v) is 11.3. The second kappa shape index (κ2) is 70.3. The molecule has 0 heterocycles. The molecule has 0 saturated carbocycles. The molecule has 6 nitrogen and oxygen atoms in total. The minimum Gasteiger partial charge on any atom is -0.466 e. The van der Waals surface area contributed by atoms with Crippen molar-refractivity contribution >= 4 is 11.9 Å². The van der Waals surface area contributed by atoms with Gasteiger partial charge in [0, 0.05) is 12.8 Å². The lowest BCUT2D eigenvalue weighted by atomic mass is 10.0. The van der Waals surface area contributed by atoms with Gasteiger partial charge in [-0.3, -0.25) is 9.59 Å². The van der Waals surface area contributed by atoms with Crippen LogP contribution < -0.4 is 5.32 Å². The largest absolute Gasteiger partial charge is 0.466 e. The number of allylic oxidation sites excluding steroid dienone is 7. The summed E-state index contributed by atoms with van der Waals surface area (Å²) in [5.74, 6) is -0.0593. The Hall–Kier alpha value is -2.18. The van der Waals surface area contributed by atoms with Gasteiger partial charge in [-0.25, -0.2) is 0 Å². The van der Waals surface area contributed by atoms with E-state index in [1.807, 2.05) is 6.08 Å². The highest BCUT2D eigenvalue weighted by Gasteiger charge is 2.18. The molecule has 0 aromatic heterocycles. The molecule has 0 aliphatic rings. The lowest BCUT2D eigenvalue weighted by Gasteiger charge is -2.20. The number of carbonyl (C=O) groups excluding carboxylic acids is 2. The Morgan fingerprint density at radius 1 is 0.346 bits per heavy atom. The van der Waals surface area contributed by atoms with Gasteiger partial charge >= 0.3 is 5.97 Å². The van der Waals surface area contributed by atoms with Crippen LogP contribution in [0.1, 0.15) is 393 Å². The molecule has 6 heteroatoms. The Balaban J connectivity index is 3.38. The highest BCUT2D eigenvalue weighted by molar-refractivity contribution is 5.76. The molecule has 0 saturated heterocycles. The molecule has 0 aliphatic heterocycles. The van der Waals surface area contributed by atoms with Crippen LogP contribution >= 0.6 is 0 Å². The van der Waals surface area contributed by atoms with Gasteiger partial charge in [-0.15, -0.1) is 0 Å². The van der Waals surface area contributed by atoms with E-state index in [-0.39, 0.29) is 18.5 Å². The number of carbonyl (C=O) groups is 2. The van der Waals surface area contributed by atoms with Crippen LogP contribution in [0.25, 0.3) is 0 Å². The molecule has 0 aliphatic carbocycles. The SMILES string of the molecule is CCCCCC/C=C\C/C=C\CCCCCCCC(=O)OCCCCCCCCCCCCCC/C=C\CCCCCCCCCCCCCCCCCC(=O)NC(CO)C(O)/C=C/CCCCCCCCCCCCCCCCC. The van der Waals surface area contributed by atoms with Crippen molar-refractivity contribution in [1.29, 1.82) is 0 Å². The molecule has 2 unspecified atom stereocenters. The van der Waals surface area contributed by atoms with E-state index in [0.29, 0.717) is 19.4 Å². The van der Waals surface area contributed by atoms with Crippen molar-refractivity contribution in [3.05, 3.63) is 48.6 Å². The van der Waals surface area contributed by atoms with Gasteiger partial charge in [0.15, 0.2) is 0 Å². The summed E-state index contributed by atoms with van der Waals surface area (Å²) in [5, 5.41) is 23.2. The van der Waals surface area contributed by atoms with Gasteiger partial charge in [-0.2, -0.15) is 0 Å². The number of amides is 1. The van der Waals surface area contributed by atoms with E-state index in [1.165, 1.54) is 315 Å². The maximum Gasteiger partial charge on any atom is 0.305 e. The van der Waals surface area contributed by atoms with Crippen LogP contribution in [0.3, 0.4) is 0 Å². The van der Waals surface area contributed by atoms with Crippen molar-refractivity contribution < 1.29 is 24.5 Å². The lowest BCUT2D eigenvalue weighted by Crippen LogP contribution is -2.45. The summed E-state index contributed by atoms with van der Waals surface area (Å²) < 4.78 is 5.49. The number of unbranched alkanes of at least 4 members (excludes halogenated alkanes) is 51. The van der Waals surface area contributed by atoms with Crippen molar-refractivity contribution in [2.45, 2.75) is 405 Å². The Morgan fingerprint density at radius 2 is 0.617 bits per heavy atom. The molecule has 0 radical (unpaired) electrons. The third kappa shape index (κ3) is 66.8. The Labute approximate surface area is 506 Å². The maximum absolute atomic E-state index is 12.5. The summed E-state index contributed by atoms with van der Waals surface area (Å²) in [6, 6.07) is -0.627. The summed E-state index contributed by atoms with van der Waals surface area (Å²) in [6.07, 6.45) is 92.0. The number of hydrogen-bond donors (Lipinski definition) is 3. The number of hydrogen-bond acceptors (Lipinski definition) is 5. The third-order valence-corrected chi connectivity index (χ3v) is 16.8. The number of ether oxygens (including phenoxy) is 1. The molecule has 476 valence electrons. The van der Waals surface area contributed by atoms with Crippen molar-refractivity contribution in [2.75, 3.05) is 13.2 Å². The van der Waals surface area contributed by atoms with Crippen LogP contribution in [0.4, 0.5) is 0 Å². The van der Waals surface area contributed by atoms with E-state index in [4.69, 9.17) is 4.74 Å². The van der Waals surface area contributed by atoms with Crippen LogP contribution in [-0.2, 0) is 14.3 Å². The first kappa shape index (κ1) is 78.8. The topological polar surface area (TPSA) is 95.9 Å². The number of esters is 1. The van der Waals surface area contributed by atoms with Crippen molar-refractivity contribution in [1.82, 2.24) is 5.32 Å². The maximum atomic E-state index is 12.5. The normalized spacial score (nSPS) is 12.8. The molecule has 0 spiro atoms. The number of aliphatic hydroxyl groups is 2. The van der Waals surface area contributed by atoms with E-state index in [0.717, 1.165) is 51.4 Å². The molecule has 81 heavy (non-hydrogen) atoms. The summed E-state index contributed by atoms with van der Waals surface area (Å²) in [7, 11) is 0. The summed E-state index contributed by atoms with van der Waals surface area (Å²) in [4.78, 5) is 24.6. The molecule has 0 aromatic carbocycles. The summed E-state index contributed by atoms with van der Waals surface area (Å²) in [6.45, 7) is 4.91. The van der Waals surface area contributed by atoms with Crippen LogP contribution in [0.15, 0.2) is 48.6 Å². The second-order valence-electron chi connectivity index (χ2n) is 24.9. The summed E-state index contributed by atoms with van der Waals surface area (Å²) in [5.41, 5.74) is 0. The van der Waals surface area contributed by atoms with Crippen LogP contribution in [0.5, 0.6) is 0 Å². The first-order valence-electron chi connectivity index (χ1n) is 36.4. The monoisotopic (exact) mass is 1140 g/mol. The van der Waals surface area contributed by atoms with Gasteiger partial charge in [0.25, 0.3) is 0 Å². The quantitative estimate of drug-likeness (QED) is 0.0320. The molecular formula is C75H141NO5. The highest BCUT2D eigenvalue weighted by atomic mass is 16.5. The molecule has 0 rings (SSSR count). The second-order valence-corrected chi connectivity index (χ2v) is 24.9. The molecule has 2 atom stereocenters. The molecule has 0 aromatic rings. The van der Waals surface area contributed by atoms with Gasteiger partial charge in [-0.1, -0.05) is 339 Å². The van der Waals surface area contributed by atoms with E-state index >= 15 is 0 Å².